The monoisotopic (exact) mass is 440 g/mol. The summed E-state index contributed by atoms with van der Waals surface area (Å²) in [5.41, 5.74) is 5.20. The molecule has 5 rings (SSSR count). The molecule has 2 heterocycles. The summed E-state index contributed by atoms with van der Waals surface area (Å²) in [5.74, 6) is -1.04. The fourth-order valence-corrected chi connectivity index (χ4v) is 5.25. The van der Waals surface area contributed by atoms with Gasteiger partial charge in [-0.25, -0.2) is 9.28 Å². The third-order valence-corrected chi connectivity index (χ3v) is 6.83. The van der Waals surface area contributed by atoms with Crippen LogP contribution in [0.1, 0.15) is 35.6 Å². The summed E-state index contributed by atoms with van der Waals surface area (Å²) in [7, 11) is 1.89. The lowest BCUT2D eigenvalue weighted by Gasteiger charge is -2.46. The molecule has 1 N–H and O–H groups in total. The van der Waals surface area contributed by atoms with Crippen molar-refractivity contribution in [3.63, 3.8) is 0 Å². The van der Waals surface area contributed by atoms with Gasteiger partial charge in [-0.2, -0.15) is 5.10 Å². The molecule has 33 heavy (non-hydrogen) atoms. The molecule has 2 atom stereocenters. The van der Waals surface area contributed by atoms with Crippen LogP contribution in [0.3, 0.4) is 0 Å². The van der Waals surface area contributed by atoms with E-state index >= 15 is 0 Å². The van der Waals surface area contributed by atoms with Crippen molar-refractivity contribution in [2.24, 2.45) is 7.05 Å². The van der Waals surface area contributed by atoms with E-state index in [-0.39, 0.29) is 29.3 Å². The predicted molar refractivity (Wildman–Crippen MR) is 128 cm³/mol. The van der Waals surface area contributed by atoms with Crippen LogP contribution < -0.4 is 4.48 Å². The van der Waals surface area contributed by atoms with Gasteiger partial charge in [-0.1, -0.05) is 54.6 Å². The minimum Gasteiger partial charge on any atom is -0.481 e. The number of carbonyl (C=O) groups excluding carboxylic acids is 1. The summed E-state index contributed by atoms with van der Waals surface area (Å²) >= 11 is 0. The Bertz CT molecular complexity index is 1350. The number of aromatic nitrogens is 2. The molecule has 0 fully saturated rings. The van der Waals surface area contributed by atoms with Crippen LogP contribution in [0, 0.1) is 0 Å². The van der Waals surface area contributed by atoms with E-state index in [0.717, 1.165) is 34.1 Å². The van der Waals surface area contributed by atoms with Gasteiger partial charge in [-0.15, -0.1) is 0 Å². The molecular formula is C27H26N3O3+. The molecule has 4 aromatic rings. The molecule has 1 aliphatic heterocycles. The van der Waals surface area contributed by atoms with E-state index in [4.69, 9.17) is 0 Å². The average Bonchev–Trinajstić information content (AvgIpc) is 3.22. The van der Waals surface area contributed by atoms with Crippen molar-refractivity contribution in [3.8, 4) is 0 Å². The Morgan fingerprint density at radius 2 is 1.79 bits per heavy atom. The highest BCUT2D eigenvalue weighted by molar-refractivity contribution is 5.94. The highest BCUT2D eigenvalue weighted by atomic mass is 16.4. The molecule has 0 saturated carbocycles. The number of aryl methyl sites for hydroxylation is 1. The van der Waals surface area contributed by atoms with Gasteiger partial charge in [-0.3, -0.25) is 9.48 Å². The third-order valence-electron chi connectivity index (χ3n) is 6.83. The predicted octanol–water partition coefficient (Wildman–Crippen LogP) is 4.62. The number of benzene rings is 3. The van der Waals surface area contributed by atoms with Crippen LogP contribution >= 0.6 is 0 Å². The fourth-order valence-electron chi connectivity index (χ4n) is 5.25. The summed E-state index contributed by atoms with van der Waals surface area (Å²) < 4.78 is 1.88. The number of hydrogen-bond donors (Lipinski definition) is 1. The molecule has 1 amide bonds. The van der Waals surface area contributed by atoms with Crippen LogP contribution in [0.5, 0.6) is 0 Å². The second-order valence-electron chi connectivity index (χ2n) is 8.65. The number of nitrogens with zero attached hydrogens (tertiary/aromatic N) is 3. The van der Waals surface area contributed by atoms with Gasteiger partial charge >= 0.3 is 11.9 Å². The minimum absolute atomic E-state index is 0.0236. The van der Waals surface area contributed by atoms with Crippen LogP contribution in [0.4, 0.5) is 5.69 Å². The maximum Gasteiger partial charge on any atom is 0.320 e. The molecule has 0 saturated heterocycles. The second kappa shape index (κ2) is 8.30. The number of amides is 1. The Morgan fingerprint density at radius 3 is 2.58 bits per heavy atom. The van der Waals surface area contributed by atoms with Crippen molar-refractivity contribution in [1.29, 1.82) is 0 Å². The molecule has 6 nitrogen and oxygen atoms in total. The fraction of sp³-hybridized carbons (Fsp3) is 0.222. The first-order chi connectivity index (χ1) is 16.0. The van der Waals surface area contributed by atoms with E-state index in [1.54, 1.807) is 0 Å². The highest BCUT2D eigenvalue weighted by Gasteiger charge is 2.50. The Morgan fingerprint density at radius 1 is 1.03 bits per heavy atom. The average molecular weight is 441 g/mol. The van der Waals surface area contributed by atoms with Crippen molar-refractivity contribution < 1.29 is 14.7 Å². The van der Waals surface area contributed by atoms with Gasteiger partial charge in [0.1, 0.15) is 5.69 Å². The molecule has 0 spiro atoms. The first-order valence-electron chi connectivity index (χ1n) is 11.2. The summed E-state index contributed by atoms with van der Waals surface area (Å²) in [5, 5.41) is 14.7. The molecular weight excluding hydrogens is 414 g/mol. The summed E-state index contributed by atoms with van der Waals surface area (Å²) in [6.07, 6.45) is 2.35. The summed E-state index contributed by atoms with van der Waals surface area (Å²) in [4.78, 5) is 25.5. The van der Waals surface area contributed by atoms with Gasteiger partial charge in [0.2, 0.25) is 0 Å². The number of quaternary nitrogens is 1. The molecule has 0 radical (unpaired) electrons. The van der Waals surface area contributed by atoms with E-state index in [2.05, 4.69) is 29.4 Å². The Kier molecular flexibility index (Phi) is 5.30. The number of fused-ring (bicyclic) bond motifs is 2. The van der Waals surface area contributed by atoms with Crippen LogP contribution in [0.25, 0.3) is 10.9 Å². The number of carbonyl (C=O) groups is 2. The molecule has 1 aromatic heterocycles. The summed E-state index contributed by atoms with van der Waals surface area (Å²) in [6.45, 7) is 0.568. The lowest BCUT2D eigenvalue weighted by molar-refractivity contribution is -0.141. The lowest BCUT2D eigenvalue weighted by atomic mass is 9.84. The second-order valence-corrected chi connectivity index (χ2v) is 8.65. The first-order valence-corrected chi connectivity index (χ1v) is 11.2. The van der Waals surface area contributed by atoms with Gasteiger partial charge in [-0.05, 0) is 11.6 Å². The molecule has 0 bridgehead atoms. The lowest BCUT2D eigenvalue weighted by Crippen LogP contribution is -2.60. The SMILES string of the molecule is Cn1ncc2ccc([N+]3(C(=O)CCC(=O)O)CCc4ccccc4C3c3ccccc3)cc21. The largest absolute Gasteiger partial charge is 0.481 e. The van der Waals surface area contributed by atoms with Gasteiger partial charge < -0.3 is 5.11 Å². The molecule has 166 valence electrons. The zero-order valence-corrected chi connectivity index (χ0v) is 18.5. The molecule has 3 aromatic carbocycles. The standard InChI is InChI=1S/C27H25N3O3/c1-29-24-17-22(12-11-21(24)18-28-29)30(25(31)13-14-26(32)33)16-15-19-7-5-6-10-23(19)27(30)20-8-3-2-4-9-20/h2-12,17-18,27H,13-16H2,1H3/p+1. The Balaban J connectivity index is 1.78. The van der Waals surface area contributed by atoms with E-state index in [1.165, 1.54) is 5.56 Å². The number of carboxylic acids is 1. The van der Waals surface area contributed by atoms with E-state index in [9.17, 15) is 14.7 Å². The number of hydrogen-bond acceptors (Lipinski definition) is 3. The van der Waals surface area contributed by atoms with Crippen LogP contribution in [-0.4, -0.2) is 33.3 Å². The van der Waals surface area contributed by atoms with Gasteiger partial charge in [0.25, 0.3) is 0 Å². The van der Waals surface area contributed by atoms with Crippen LogP contribution in [-0.2, 0) is 23.1 Å². The van der Waals surface area contributed by atoms with Gasteiger partial charge in [0.15, 0.2) is 6.04 Å². The summed E-state index contributed by atoms with van der Waals surface area (Å²) in [6, 6.07) is 24.2. The maximum atomic E-state index is 14.1. The Hall–Kier alpha value is -3.77. The topological polar surface area (TPSA) is 72.2 Å². The zero-order chi connectivity index (χ0) is 23.0. The van der Waals surface area contributed by atoms with E-state index in [1.807, 2.05) is 66.5 Å². The highest BCUT2D eigenvalue weighted by Crippen LogP contribution is 2.46. The van der Waals surface area contributed by atoms with Crippen molar-refractivity contribution in [2.45, 2.75) is 25.3 Å². The smallest absolute Gasteiger partial charge is 0.320 e. The van der Waals surface area contributed by atoms with Crippen molar-refractivity contribution >= 4 is 28.5 Å². The van der Waals surface area contributed by atoms with E-state index < -0.39 is 5.97 Å². The van der Waals surface area contributed by atoms with Crippen LogP contribution in [0.15, 0.2) is 79.0 Å². The van der Waals surface area contributed by atoms with Gasteiger partial charge in [0, 0.05) is 42.1 Å². The quantitative estimate of drug-likeness (QED) is 0.460. The third kappa shape index (κ3) is 3.52. The molecule has 1 aliphatic rings. The van der Waals surface area contributed by atoms with Crippen LogP contribution in [0.2, 0.25) is 0 Å². The molecule has 0 aliphatic carbocycles. The zero-order valence-electron chi connectivity index (χ0n) is 18.5. The molecule has 2 unspecified atom stereocenters. The Labute approximate surface area is 192 Å². The number of rotatable bonds is 5. The number of carboxylic acid groups (broad SMARTS) is 1. The number of aliphatic carboxylic acids is 1. The van der Waals surface area contributed by atoms with Gasteiger partial charge in [0.05, 0.1) is 31.1 Å². The van der Waals surface area contributed by atoms with Crippen molar-refractivity contribution in [2.75, 3.05) is 6.54 Å². The normalized spacial score (nSPS) is 19.8. The molecule has 6 heteroatoms. The van der Waals surface area contributed by atoms with E-state index in [0.29, 0.717) is 6.54 Å². The first kappa shape index (κ1) is 21.1. The van der Waals surface area contributed by atoms with Crippen molar-refractivity contribution in [3.05, 3.63) is 95.7 Å². The maximum absolute atomic E-state index is 14.1. The van der Waals surface area contributed by atoms with Crippen molar-refractivity contribution in [1.82, 2.24) is 14.3 Å². The minimum atomic E-state index is -0.961.